The Kier molecular flexibility index (Phi) is 3.21. The van der Waals surface area contributed by atoms with Crippen LogP contribution in [-0.4, -0.2) is 43.6 Å². The highest BCUT2D eigenvalue weighted by Gasteiger charge is 2.53. The highest BCUT2D eigenvalue weighted by Crippen LogP contribution is 2.55. The lowest BCUT2D eigenvalue weighted by Gasteiger charge is -2.42. The Morgan fingerprint density at radius 2 is 2.22 bits per heavy atom. The zero-order chi connectivity index (χ0) is 16.0. The molecule has 1 amide bonds. The minimum Gasteiger partial charge on any atom is -0.336 e. The fourth-order valence-electron chi connectivity index (χ4n) is 4.08. The van der Waals surface area contributed by atoms with Gasteiger partial charge in [0.25, 0.3) is 5.91 Å². The average Bonchev–Trinajstić information content (AvgIpc) is 3.10. The summed E-state index contributed by atoms with van der Waals surface area (Å²) in [4.78, 5) is 19.2. The SMILES string of the molecule is Cc1cccnc1C(=O)N1CC(c2nncn2C)C2(CCC2)C1. The van der Waals surface area contributed by atoms with Gasteiger partial charge in [0.2, 0.25) is 0 Å². The third kappa shape index (κ3) is 2.16. The fourth-order valence-corrected chi connectivity index (χ4v) is 4.08. The summed E-state index contributed by atoms with van der Waals surface area (Å²) in [7, 11) is 1.98. The maximum absolute atomic E-state index is 12.9. The van der Waals surface area contributed by atoms with E-state index in [4.69, 9.17) is 0 Å². The third-order valence-electron chi connectivity index (χ3n) is 5.55. The number of hydrogen-bond acceptors (Lipinski definition) is 4. The van der Waals surface area contributed by atoms with Gasteiger partial charge in [0, 0.05) is 32.3 Å². The molecule has 2 aromatic heterocycles. The Labute approximate surface area is 135 Å². The number of carbonyl (C=O) groups excluding carboxylic acids is 1. The van der Waals surface area contributed by atoms with E-state index in [1.807, 2.05) is 35.6 Å². The van der Waals surface area contributed by atoms with Crippen LogP contribution in [0.1, 0.15) is 47.1 Å². The zero-order valence-corrected chi connectivity index (χ0v) is 13.6. The molecule has 1 spiro atoms. The van der Waals surface area contributed by atoms with E-state index in [2.05, 4.69) is 15.2 Å². The number of likely N-dealkylation sites (tertiary alicyclic amines) is 1. The Balaban J connectivity index is 1.64. The van der Waals surface area contributed by atoms with Crippen LogP contribution in [0.15, 0.2) is 24.7 Å². The largest absolute Gasteiger partial charge is 0.336 e. The Morgan fingerprint density at radius 3 is 2.83 bits per heavy atom. The molecule has 23 heavy (non-hydrogen) atoms. The Morgan fingerprint density at radius 1 is 1.39 bits per heavy atom. The van der Waals surface area contributed by atoms with Crippen LogP contribution < -0.4 is 0 Å². The summed E-state index contributed by atoms with van der Waals surface area (Å²) in [5, 5.41) is 8.35. The van der Waals surface area contributed by atoms with Crippen LogP contribution in [-0.2, 0) is 7.05 Å². The molecule has 4 rings (SSSR count). The Bertz CT molecular complexity index is 749. The van der Waals surface area contributed by atoms with E-state index in [9.17, 15) is 4.79 Å². The second-order valence-corrected chi connectivity index (χ2v) is 6.92. The van der Waals surface area contributed by atoms with E-state index < -0.39 is 0 Å². The molecule has 1 saturated heterocycles. The lowest BCUT2D eigenvalue weighted by Crippen LogP contribution is -2.38. The number of hydrogen-bond donors (Lipinski definition) is 0. The molecule has 120 valence electrons. The summed E-state index contributed by atoms with van der Waals surface area (Å²) in [5.74, 6) is 1.31. The molecule has 0 bridgehead atoms. The summed E-state index contributed by atoms with van der Waals surface area (Å²) in [6, 6.07) is 3.81. The van der Waals surface area contributed by atoms with E-state index in [0.29, 0.717) is 12.2 Å². The molecule has 0 aromatic carbocycles. The molecular formula is C17H21N5O. The molecule has 1 unspecified atom stereocenters. The molecule has 1 atom stereocenters. The monoisotopic (exact) mass is 311 g/mol. The van der Waals surface area contributed by atoms with Gasteiger partial charge in [-0.3, -0.25) is 9.78 Å². The average molecular weight is 311 g/mol. The van der Waals surface area contributed by atoms with E-state index in [1.165, 1.54) is 6.42 Å². The van der Waals surface area contributed by atoms with Gasteiger partial charge in [0.05, 0.1) is 0 Å². The fraction of sp³-hybridized carbons (Fsp3) is 0.529. The molecule has 6 nitrogen and oxygen atoms in total. The van der Waals surface area contributed by atoms with Gasteiger partial charge in [-0.25, -0.2) is 0 Å². The first-order valence-electron chi connectivity index (χ1n) is 8.15. The van der Waals surface area contributed by atoms with Crippen molar-refractivity contribution in [3.05, 3.63) is 41.7 Å². The quantitative estimate of drug-likeness (QED) is 0.850. The van der Waals surface area contributed by atoms with E-state index in [-0.39, 0.29) is 17.2 Å². The lowest BCUT2D eigenvalue weighted by atomic mass is 9.62. The summed E-state index contributed by atoms with van der Waals surface area (Å²) in [6.07, 6.45) is 6.99. The first-order valence-corrected chi connectivity index (χ1v) is 8.15. The number of pyridine rings is 1. The van der Waals surface area contributed by atoms with Crippen LogP contribution in [0.5, 0.6) is 0 Å². The van der Waals surface area contributed by atoms with Crippen molar-refractivity contribution in [2.45, 2.75) is 32.1 Å². The number of amides is 1. The van der Waals surface area contributed by atoms with Gasteiger partial charge in [-0.15, -0.1) is 10.2 Å². The summed E-state index contributed by atoms with van der Waals surface area (Å²) in [5.41, 5.74) is 1.68. The maximum atomic E-state index is 12.9. The van der Waals surface area contributed by atoms with Gasteiger partial charge in [-0.2, -0.15) is 0 Å². The van der Waals surface area contributed by atoms with Gasteiger partial charge in [-0.1, -0.05) is 12.5 Å². The smallest absolute Gasteiger partial charge is 0.272 e. The van der Waals surface area contributed by atoms with Crippen molar-refractivity contribution in [2.24, 2.45) is 12.5 Å². The Hall–Kier alpha value is -2.24. The standard InChI is InChI=1S/C17H21N5O/c1-12-5-3-8-18-14(12)16(23)22-9-13(15-20-19-11-21(15)2)17(10-22)6-4-7-17/h3,5,8,11,13H,4,6-7,9-10H2,1-2H3. The van der Waals surface area contributed by atoms with Gasteiger partial charge in [0.1, 0.15) is 17.8 Å². The van der Waals surface area contributed by atoms with Gasteiger partial charge < -0.3 is 9.47 Å². The highest BCUT2D eigenvalue weighted by atomic mass is 16.2. The predicted octanol–water partition coefficient (Wildman–Crippen LogP) is 1.93. The zero-order valence-electron chi connectivity index (χ0n) is 13.6. The normalized spacial score (nSPS) is 22.3. The molecule has 0 radical (unpaired) electrons. The van der Waals surface area contributed by atoms with Crippen LogP contribution in [0.3, 0.4) is 0 Å². The number of carbonyl (C=O) groups is 1. The summed E-state index contributed by atoms with van der Waals surface area (Å²) >= 11 is 0. The molecule has 6 heteroatoms. The second kappa shape index (κ2) is 5.15. The topological polar surface area (TPSA) is 63.9 Å². The van der Waals surface area contributed by atoms with Gasteiger partial charge in [-0.05, 0) is 36.8 Å². The highest BCUT2D eigenvalue weighted by molar-refractivity contribution is 5.94. The molecule has 2 aliphatic rings. The van der Waals surface area contributed by atoms with Crippen LogP contribution in [0.2, 0.25) is 0 Å². The van der Waals surface area contributed by atoms with Crippen LogP contribution >= 0.6 is 0 Å². The van der Waals surface area contributed by atoms with Crippen molar-refractivity contribution in [1.82, 2.24) is 24.6 Å². The molecule has 2 aromatic rings. The first kappa shape index (κ1) is 14.4. The van der Waals surface area contributed by atoms with Crippen LogP contribution in [0, 0.1) is 12.3 Å². The molecule has 1 aliphatic heterocycles. The summed E-state index contributed by atoms with van der Waals surface area (Å²) in [6.45, 7) is 3.45. The minimum absolute atomic E-state index is 0.0408. The van der Waals surface area contributed by atoms with Crippen molar-refractivity contribution in [2.75, 3.05) is 13.1 Å². The number of nitrogens with zero attached hydrogens (tertiary/aromatic N) is 5. The molecular weight excluding hydrogens is 290 g/mol. The molecule has 0 N–H and O–H groups in total. The second-order valence-electron chi connectivity index (χ2n) is 6.92. The maximum Gasteiger partial charge on any atom is 0.272 e. The molecule has 1 aliphatic carbocycles. The van der Waals surface area contributed by atoms with Crippen LogP contribution in [0.4, 0.5) is 0 Å². The van der Waals surface area contributed by atoms with Crippen molar-refractivity contribution in [3.8, 4) is 0 Å². The van der Waals surface area contributed by atoms with E-state index in [1.54, 1.807) is 12.5 Å². The van der Waals surface area contributed by atoms with Crippen molar-refractivity contribution in [1.29, 1.82) is 0 Å². The first-order chi connectivity index (χ1) is 11.1. The number of aromatic nitrogens is 4. The van der Waals surface area contributed by atoms with Crippen LogP contribution in [0.25, 0.3) is 0 Å². The molecule has 1 saturated carbocycles. The van der Waals surface area contributed by atoms with E-state index in [0.717, 1.165) is 30.8 Å². The third-order valence-corrected chi connectivity index (χ3v) is 5.55. The number of aryl methyl sites for hydroxylation is 2. The number of rotatable bonds is 2. The van der Waals surface area contributed by atoms with Gasteiger partial charge >= 0.3 is 0 Å². The minimum atomic E-state index is 0.0408. The van der Waals surface area contributed by atoms with Crippen molar-refractivity contribution >= 4 is 5.91 Å². The predicted molar refractivity (Wildman–Crippen MR) is 84.9 cm³/mol. The van der Waals surface area contributed by atoms with Crippen molar-refractivity contribution in [3.63, 3.8) is 0 Å². The molecule has 3 heterocycles. The summed E-state index contributed by atoms with van der Waals surface area (Å²) < 4.78 is 1.99. The molecule has 2 fully saturated rings. The lowest BCUT2D eigenvalue weighted by molar-refractivity contribution is 0.0717. The van der Waals surface area contributed by atoms with E-state index >= 15 is 0 Å². The van der Waals surface area contributed by atoms with Gasteiger partial charge in [0.15, 0.2) is 0 Å². The van der Waals surface area contributed by atoms with Crippen molar-refractivity contribution < 1.29 is 4.79 Å².